The van der Waals surface area contributed by atoms with E-state index in [2.05, 4.69) is 0 Å². The Labute approximate surface area is 119 Å². The van der Waals surface area contributed by atoms with Gasteiger partial charge in [-0.05, 0) is 18.2 Å². The highest BCUT2D eigenvalue weighted by molar-refractivity contribution is 7.98. The average Bonchev–Trinajstić information content (AvgIpc) is 2.46. The molecule has 0 saturated heterocycles. The lowest BCUT2D eigenvalue weighted by Gasteiger charge is -2.08. The summed E-state index contributed by atoms with van der Waals surface area (Å²) in [6, 6.07) is 11.0. The Morgan fingerprint density at radius 1 is 1.30 bits per heavy atom. The Morgan fingerprint density at radius 2 is 2.05 bits per heavy atom. The standard InChI is InChI=1S/C14H12FNO3S/c1-19-13-5-3-2-4-10(13)9-20-14-7-6-11(15)8-12(14)16(17)18/h2-8H,9H2,1H3. The van der Waals surface area contributed by atoms with Gasteiger partial charge in [-0.25, -0.2) is 4.39 Å². The molecule has 2 aromatic rings. The zero-order chi connectivity index (χ0) is 14.5. The first kappa shape index (κ1) is 14.3. The van der Waals surface area contributed by atoms with Gasteiger partial charge < -0.3 is 4.74 Å². The number of methoxy groups -OCH3 is 1. The third-order valence-electron chi connectivity index (χ3n) is 2.69. The number of nitrogens with zero attached hydrogens (tertiary/aromatic N) is 1. The van der Waals surface area contributed by atoms with Crippen molar-refractivity contribution in [3.8, 4) is 5.75 Å². The summed E-state index contributed by atoms with van der Waals surface area (Å²) in [6.07, 6.45) is 0. The van der Waals surface area contributed by atoms with Crippen molar-refractivity contribution in [2.24, 2.45) is 0 Å². The molecule has 2 aromatic carbocycles. The van der Waals surface area contributed by atoms with E-state index in [1.165, 1.54) is 23.9 Å². The number of benzene rings is 2. The van der Waals surface area contributed by atoms with E-state index in [1.54, 1.807) is 7.11 Å². The molecule has 0 aromatic heterocycles. The van der Waals surface area contributed by atoms with E-state index in [0.29, 0.717) is 10.6 Å². The minimum absolute atomic E-state index is 0.218. The molecule has 0 aliphatic heterocycles. The number of rotatable bonds is 5. The van der Waals surface area contributed by atoms with Gasteiger partial charge in [-0.2, -0.15) is 0 Å². The van der Waals surface area contributed by atoms with E-state index in [4.69, 9.17) is 4.74 Å². The molecule has 0 heterocycles. The van der Waals surface area contributed by atoms with Gasteiger partial charge in [-0.15, -0.1) is 11.8 Å². The second-order valence-corrected chi connectivity index (χ2v) is 4.99. The SMILES string of the molecule is COc1ccccc1CSc1ccc(F)cc1[N+](=O)[O-]. The Kier molecular flexibility index (Phi) is 4.57. The highest BCUT2D eigenvalue weighted by Crippen LogP contribution is 2.33. The monoisotopic (exact) mass is 293 g/mol. The fourth-order valence-corrected chi connectivity index (χ4v) is 2.73. The van der Waals surface area contributed by atoms with E-state index in [-0.39, 0.29) is 5.69 Å². The molecule has 0 bridgehead atoms. The van der Waals surface area contributed by atoms with Crippen molar-refractivity contribution in [3.05, 3.63) is 64.0 Å². The van der Waals surface area contributed by atoms with Gasteiger partial charge in [-0.3, -0.25) is 10.1 Å². The third kappa shape index (κ3) is 3.27. The maximum atomic E-state index is 13.1. The molecule has 0 unspecified atom stereocenters. The molecule has 0 spiro atoms. The maximum Gasteiger partial charge on any atom is 0.285 e. The Bertz CT molecular complexity index is 634. The largest absolute Gasteiger partial charge is 0.496 e. The van der Waals surface area contributed by atoms with E-state index >= 15 is 0 Å². The van der Waals surface area contributed by atoms with Crippen molar-refractivity contribution in [1.29, 1.82) is 0 Å². The van der Waals surface area contributed by atoms with Crippen molar-refractivity contribution < 1.29 is 14.1 Å². The molecular weight excluding hydrogens is 281 g/mol. The molecule has 6 heteroatoms. The maximum absolute atomic E-state index is 13.1. The van der Waals surface area contributed by atoms with Crippen LogP contribution in [-0.4, -0.2) is 12.0 Å². The van der Waals surface area contributed by atoms with Crippen molar-refractivity contribution in [2.45, 2.75) is 10.6 Å². The molecule has 0 atom stereocenters. The first-order valence-corrected chi connectivity index (χ1v) is 6.79. The predicted octanol–water partition coefficient (Wildman–Crippen LogP) is 4.03. The van der Waals surface area contributed by atoms with Crippen LogP contribution in [0.25, 0.3) is 0 Å². The van der Waals surface area contributed by atoms with Crippen molar-refractivity contribution >= 4 is 17.4 Å². The van der Waals surface area contributed by atoms with E-state index < -0.39 is 10.7 Å². The summed E-state index contributed by atoms with van der Waals surface area (Å²) in [4.78, 5) is 10.8. The topological polar surface area (TPSA) is 52.4 Å². The molecule has 104 valence electrons. The molecular formula is C14H12FNO3S. The van der Waals surface area contributed by atoms with Crippen LogP contribution >= 0.6 is 11.8 Å². The summed E-state index contributed by atoms with van der Waals surface area (Å²) in [5, 5.41) is 10.9. The molecule has 0 aliphatic carbocycles. The molecule has 20 heavy (non-hydrogen) atoms. The Hall–Kier alpha value is -2.08. The second-order valence-electron chi connectivity index (χ2n) is 3.97. The fraction of sp³-hybridized carbons (Fsp3) is 0.143. The van der Waals surface area contributed by atoms with Gasteiger partial charge in [0.05, 0.1) is 23.0 Å². The summed E-state index contributed by atoms with van der Waals surface area (Å²) in [7, 11) is 1.57. The molecule has 0 N–H and O–H groups in total. The number of thioether (sulfide) groups is 1. The summed E-state index contributed by atoms with van der Waals surface area (Å²) >= 11 is 1.28. The smallest absolute Gasteiger partial charge is 0.285 e. The Morgan fingerprint density at radius 3 is 2.75 bits per heavy atom. The lowest BCUT2D eigenvalue weighted by molar-refractivity contribution is -0.387. The average molecular weight is 293 g/mol. The van der Waals surface area contributed by atoms with Crippen LogP contribution in [0.2, 0.25) is 0 Å². The molecule has 0 saturated carbocycles. The third-order valence-corrected chi connectivity index (χ3v) is 3.80. The minimum atomic E-state index is -0.613. The van der Waals surface area contributed by atoms with Gasteiger partial charge in [0.2, 0.25) is 0 Å². The summed E-state index contributed by atoms with van der Waals surface area (Å²) in [5.41, 5.74) is 0.712. The van der Waals surface area contributed by atoms with Gasteiger partial charge in [0.15, 0.2) is 0 Å². The van der Waals surface area contributed by atoms with E-state index in [0.717, 1.165) is 17.4 Å². The number of nitro groups is 1. The van der Waals surface area contributed by atoms with Gasteiger partial charge in [0, 0.05) is 11.3 Å². The van der Waals surface area contributed by atoms with Crippen molar-refractivity contribution in [2.75, 3.05) is 7.11 Å². The van der Waals surface area contributed by atoms with Crippen molar-refractivity contribution in [3.63, 3.8) is 0 Å². The summed E-state index contributed by atoms with van der Waals surface area (Å²) in [5.74, 6) is 0.624. The zero-order valence-corrected chi connectivity index (χ0v) is 11.5. The van der Waals surface area contributed by atoms with Gasteiger partial charge >= 0.3 is 0 Å². The molecule has 4 nitrogen and oxygen atoms in total. The van der Waals surface area contributed by atoms with Crippen LogP contribution in [-0.2, 0) is 5.75 Å². The highest BCUT2D eigenvalue weighted by atomic mass is 32.2. The number of halogens is 1. The second kappa shape index (κ2) is 6.38. The van der Waals surface area contributed by atoms with Crippen LogP contribution in [0.3, 0.4) is 0 Å². The Balaban J connectivity index is 2.21. The minimum Gasteiger partial charge on any atom is -0.496 e. The molecule has 0 amide bonds. The number of nitro benzene ring substituents is 1. The molecule has 0 aliphatic rings. The number of ether oxygens (including phenoxy) is 1. The van der Waals surface area contributed by atoms with Crippen LogP contribution in [0, 0.1) is 15.9 Å². The predicted molar refractivity (Wildman–Crippen MR) is 75.6 cm³/mol. The first-order chi connectivity index (χ1) is 9.61. The van der Waals surface area contributed by atoms with E-state index in [1.807, 2.05) is 24.3 Å². The number of para-hydroxylation sites is 1. The van der Waals surface area contributed by atoms with Crippen LogP contribution in [0.4, 0.5) is 10.1 Å². The molecule has 0 radical (unpaired) electrons. The first-order valence-electron chi connectivity index (χ1n) is 5.80. The fourth-order valence-electron chi connectivity index (χ4n) is 1.73. The normalized spacial score (nSPS) is 10.3. The lowest BCUT2D eigenvalue weighted by Crippen LogP contribution is -1.93. The highest BCUT2D eigenvalue weighted by Gasteiger charge is 2.15. The number of hydrogen-bond acceptors (Lipinski definition) is 4. The number of hydrogen-bond donors (Lipinski definition) is 0. The van der Waals surface area contributed by atoms with Crippen molar-refractivity contribution in [1.82, 2.24) is 0 Å². The zero-order valence-electron chi connectivity index (χ0n) is 10.7. The summed E-state index contributed by atoms with van der Waals surface area (Å²) < 4.78 is 18.3. The van der Waals surface area contributed by atoms with Gasteiger partial charge in [-0.1, -0.05) is 18.2 Å². The quantitative estimate of drug-likeness (QED) is 0.474. The van der Waals surface area contributed by atoms with Crippen LogP contribution in [0.15, 0.2) is 47.4 Å². The van der Waals surface area contributed by atoms with Crippen LogP contribution in [0.1, 0.15) is 5.56 Å². The van der Waals surface area contributed by atoms with Crippen LogP contribution < -0.4 is 4.74 Å². The molecule has 0 fully saturated rings. The van der Waals surface area contributed by atoms with Crippen LogP contribution in [0.5, 0.6) is 5.75 Å². The van der Waals surface area contributed by atoms with Gasteiger partial charge in [0.25, 0.3) is 5.69 Å². The lowest BCUT2D eigenvalue weighted by atomic mass is 10.2. The summed E-state index contributed by atoms with van der Waals surface area (Å²) in [6.45, 7) is 0. The van der Waals surface area contributed by atoms with E-state index in [9.17, 15) is 14.5 Å². The van der Waals surface area contributed by atoms with Gasteiger partial charge in [0.1, 0.15) is 11.6 Å². The molecule has 2 rings (SSSR count).